The lowest BCUT2D eigenvalue weighted by Crippen LogP contribution is -2.27. The Morgan fingerprint density at radius 2 is 1.84 bits per heavy atom. The fourth-order valence-electron chi connectivity index (χ4n) is 1.72. The van der Waals surface area contributed by atoms with Crippen LogP contribution in [0.15, 0.2) is 41.8 Å². The lowest BCUT2D eigenvalue weighted by atomic mass is 10.1. The monoisotopic (exact) mass is 275 g/mol. The van der Waals surface area contributed by atoms with Crippen molar-refractivity contribution >= 4 is 23.2 Å². The Bertz CT molecular complexity index is 578. The molecule has 4 nitrogen and oxygen atoms in total. The summed E-state index contributed by atoms with van der Waals surface area (Å²) in [5.74, 6) is -1.45. The SMILES string of the molecule is O=C(O)c1ccccc1C(=O)NCCc1cccs1. The van der Waals surface area contributed by atoms with E-state index in [1.807, 2.05) is 17.5 Å². The maximum atomic E-state index is 11.9. The highest BCUT2D eigenvalue weighted by Crippen LogP contribution is 2.10. The maximum Gasteiger partial charge on any atom is 0.336 e. The average molecular weight is 275 g/mol. The molecule has 0 aliphatic carbocycles. The number of rotatable bonds is 5. The molecular formula is C14H13NO3S. The number of hydrogen-bond acceptors (Lipinski definition) is 3. The van der Waals surface area contributed by atoms with Crippen LogP contribution in [-0.2, 0) is 6.42 Å². The van der Waals surface area contributed by atoms with Crippen LogP contribution in [0.5, 0.6) is 0 Å². The molecule has 0 aliphatic heterocycles. The molecule has 1 aromatic heterocycles. The third-order valence-electron chi connectivity index (χ3n) is 2.64. The van der Waals surface area contributed by atoms with Gasteiger partial charge in [0.15, 0.2) is 0 Å². The molecule has 5 heteroatoms. The largest absolute Gasteiger partial charge is 0.478 e. The number of thiophene rings is 1. The van der Waals surface area contributed by atoms with Crippen LogP contribution in [0.1, 0.15) is 25.6 Å². The van der Waals surface area contributed by atoms with Crippen molar-refractivity contribution in [1.82, 2.24) is 5.32 Å². The Morgan fingerprint density at radius 1 is 1.11 bits per heavy atom. The smallest absolute Gasteiger partial charge is 0.336 e. The van der Waals surface area contributed by atoms with Crippen LogP contribution in [-0.4, -0.2) is 23.5 Å². The molecule has 1 aromatic carbocycles. The second-order valence-electron chi connectivity index (χ2n) is 3.94. The van der Waals surface area contributed by atoms with Crippen LogP contribution < -0.4 is 5.32 Å². The Hall–Kier alpha value is -2.14. The fourth-order valence-corrected chi connectivity index (χ4v) is 2.43. The van der Waals surface area contributed by atoms with Crippen molar-refractivity contribution in [3.63, 3.8) is 0 Å². The number of nitrogens with one attached hydrogen (secondary N) is 1. The van der Waals surface area contributed by atoms with E-state index in [2.05, 4.69) is 5.32 Å². The van der Waals surface area contributed by atoms with Crippen LogP contribution >= 0.6 is 11.3 Å². The minimum absolute atomic E-state index is 0.0242. The molecule has 0 fully saturated rings. The molecule has 0 saturated carbocycles. The predicted octanol–water partition coefficient (Wildman–Crippen LogP) is 2.42. The van der Waals surface area contributed by atoms with Crippen LogP contribution in [0.2, 0.25) is 0 Å². The van der Waals surface area contributed by atoms with Crippen molar-refractivity contribution in [3.8, 4) is 0 Å². The van der Waals surface area contributed by atoms with Crippen molar-refractivity contribution in [3.05, 3.63) is 57.8 Å². The van der Waals surface area contributed by atoms with Crippen LogP contribution in [0, 0.1) is 0 Å². The Balaban J connectivity index is 1.98. The van der Waals surface area contributed by atoms with Gasteiger partial charge in [-0.15, -0.1) is 11.3 Å². The summed E-state index contributed by atoms with van der Waals surface area (Å²) in [7, 11) is 0. The van der Waals surface area contributed by atoms with Crippen molar-refractivity contribution in [2.75, 3.05) is 6.54 Å². The predicted molar refractivity (Wildman–Crippen MR) is 73.8 cm³/mol. The normalized spacial score (nSPS) is 10.1. The number of hydrogen-bond donors (Lipinski definition) is 2. The first-order chi connectivity index (χ1) is 9.18. The Labute approximate surface area is 114 Å². The highest BCUT2D eigenvalue weighted by molar-refractivity contribution is 7.09. The molecule has 0 saturated heterocycles. The van der Waals surface area contributed by atoms with Gasteiger partial charge in [-0.2, -0.15) is 0 Å². The van der Waals surface area contributed by atoms with Gasteiger partial charge >= 0.3 is 5.97 Å². The molecule has 0 aliphatic rings. The molecule has 1 amide bonds. The summed E-state index contributed by atoms with van der Waals surface area (Å²) < 4.78 is 0. The van der Waals surface area contributed by atoms with Gasteiger partial charge in [-0.3, -0.25) is 4.79 Å². The van der Waals surface area contributed by atoms with Gasteiger partial charge in [-0.05, 0) is 30.0 Å². The molecule has 98 valence electrons. The highest BCUT2D eigenvalue weighted by atomic mass is 32.1. The lowest BCUT2D eigenvalue weighted by Gasteiger charge is -2.07. The molecule has 2 N–H and O–H groups in total. The van der Waals surface area contributed by atoms with Crippen molar-refractivity contribution in [1.29, 1.82) is 0 Å². The van der Waals surface area contributed by atoms with E-state index in [1.54, 1.807) is 23.5 Å². The van der Waals surface area contributed by atoms with Crippen LogP contribution in [0.25, 0.3) is 0 Å². The van der Waals surface area contributed by atoms with E-state index in [-0.39, 0.29) is 17.0 Å². The molecule has 0 radical (unpaired) electrons. The van der Waals surface area contributed by atoms with E-state index < -0.39 is 5.97 Å². The maximum absolute atomic E-state index is 11.9. The summed E-state index contributed by atoms with van der Waals surface area (Å²) in [6.45, 7) is 0.493. The summed E-state index contributed by atoms with van der Waals surface area (Å²) in [6, 6.07) is 10.2. The number of amides is 1. The van der Waals surface area contributed by atoms with E-state index >= 15 is 0 Å². The topological polar surface area (TPSA) is 66.4 Å². The molecule has 2 aromatic rings. The van der Waals surface area contributed by atoms with E-state index in [0.29, 0.717) is 6.54 Å². The van der Waals surface area contributed by atoms with Crippen molar-refractivity contribution in [2.24, 2.45) is 0 Å². The molecule has 0 atom stereocenters. The number of aromatic carboxylic acids is 1. The van der Waals surface area contributed by atoms with Gasteiger partial charge < -0.3 is 10.4 Å². The lowest BCUT2D eigenvalue weighted by molar-refractivity contribution is 0.0691. The van der Waals surface area contributed by atoms with Crippen LogP contribution in [0.3, 0.4) is 0 Å². The number of carbonyl (C=O) groups is 2. The number of carbonyl (C=O) groups excluding carboxylic acids is 1. The number of benzene rings is 1. The zero-order chi connectivity index (χ0) is 13.7. The second-order valence-corrected chi connectivity index (χ2v) is 4.97. The van der Waals surface area contributed by atoms with E-state index in [9.17, 15) is 9.59 Å². The zero-order valence-electron chi connectivity index (χ0n) is 10.1. The Kier molecular flexibility index (Phi) is 4.30. The molecule has 2 rings (SSSR count). The highest BCUT2D eigenvalue weighted by Gasteiger charge is 2.14. The average Bonchev–Trinajstić information content (AvgIpc) is 2.91. The summed E-state index contributed by atoms with van der Waals surface area (Å²) in [5, 5.41) is 13.7. The molecular weight excluding hydrogens is 262 g/mol. The summed E-state index contributed by atoms with van der Waals surface area (Å²) in [6.07, 6.45) is 0.749. The molecule has 0 unspecified atom stereocenters. The third-order valence-corrected chi connectivity index (χ3v) is 3.58. The quantitative estimate of drug-likeness (QED) is 0.880. The molecule has 0 bridgehead atoms. The molecule has 0 spiro atoms. The first-order valence-electron chi connectivity index (χ1n) is 5.81. The van der Waals surface area contributed by atoms with Gasteiger partial charge in [-0.25, -0.2) is 4.79 Å². The molecule has 19 heavy (non-hydrogen) atoms. The second kappa shape index (κ2) is 6.15. The first-order valence-corrected chi connectivity index (χ1v) is 6.69. The van der Waals surface area contributed by atoms with E-state index in [0.717, 1.165) is 6.42 Å². The summed E-state index contributed by atoms with van der Waals surface area (Å²) >= 11 is 1.63. The summed E-state index contributed by atoms with van der Waals surface area (Å²) in [4.78, 5) is 24.1. The van der Waals surface area contributed by atoms with E-state index in [4.69, 9.17) is 5.11 Å². The number of carboxylic acid groups (broad SMARTS) is 1. The minimum atomic E-state index is -1.09. The van der Waals surface area contributed by atoms with Crippen molar-refractivity contribution in [2.45, 2.75) is 6.42 Å². The van der Waals surface area contributed by atoms with E-state index in [1.165, 1.54) is 17.0 Å². The summed E-state index contributed by atoms with van der Waals surface area (Å²) in [5.41, 5.74) is 0.220. The zero-order valence-corrected chi connectivity index (χ0v) is 10.9. The minimum Gasteiger partial charge on any atom is -0.478 e. The van der Waals surface area contributed by atoms with Gasteiger partial charge in [0.2, 0.25) is 0 Å². The molecule has 1 heterocycles. The standard InChI is InChI=1S/C14H13NO3S/c16-13(15-8-7-10-4-3-9-19-10)11-5-1-2-6-12(11)14(17)18/h1-6,9H,7-8H2,(H,15,16)(H,17,18). The van der Waals surface area contributed by atoms with Crippen molar-refractivity contribution < 1.29 is 14.7 Å². The van der Waals surface area contributed by atoms with Gasteiger partial charge in [-0.1, -0.05) is 18.2 Å². The Morgan fingerprint density at radius 3 is 2.47 bits per heavy atom. The fraction of sp³-hybridized carbons (Fsp3) is 0.143. The number of carboxylic acids is 1. The van der Waals surface area contributed by atoms with Gasteiger partial charge in [0.05, 0.1) is 11.1 Å². The third kappa shape index (κ3) is 3.42. The van der Waals surface area contributed by atoms with Crippen LogP contribution in [0.4, 0.5) is 0 Å². The first kappa shape index (κ1) is 13.3. The van der Waals surface area contributed by atoms with Gasteiger partial charge in [0.1, 0.15) is 0 Å². The van der Waals surface area contributed by atoms with Gasteiger partial charge in [0.25, 0.3) is 5.91 Å². The van der Waals surface area contributed by atoms with Gasteiger partial charge in [0, 0.05) is 11.4 Å².